The number of amides is 3. The highest BCUT2D eigenvalue weighted by Gasteiger charge is 2.23. The number of rotatable bonds is 18. The largest absolute Gasteiger partial charge is 0.510 e. The van der Waals surface area contributed by atoms with Crippen molar-refractivity contribution in [3.05, 3.63) is 22.9 Å². The van der Waals surface area contributed by atoms with Crippen LogP contribution in [0.2, 0.25) is 0 Å². The predicted octanol–water partition coefficient (Wildman–Crippen LogP) is 0.635. The molecule has 1 aromatic heterocycles. The molecule has 1 heterocycles. The molecule has 0 fully saturated rings. The second-order valence-electron chi connectivity index (χ2n) is 8.65. The summed E-state index contributed by atoms with van der Waals surface area (Å²) in [6.07, 6.45) is 3.93. The van der Waals surface area contributed by atoms with E-state index in [2.05, 4.69) is 34.4 Å². The van der Waals surface area contributed by atoms with Crippen LogP contribution in [0.3, 0.4) is 0 Å². The number of likely N-dealkylation sites (N-methyl/N-ethyl adjacent to an activating group) is 1. The Balaban J connectivity index is 1.56. The van der Waals surface area contributed by atoms with Gasteiger partial charge in [0.2, 0.25) is 11.8 Å². The van der Waals surface area contributed by atoms with Crippen LogP contribution in [0.15, 0.2) is 12.3 Å². The number of thiazole rings is 1. The third-order valence-electron chi connectivity index (χ3n) is 5.34. The lowest BCUT2D eigenvalue weighted by Gasteiger charge is -2.21. The maximum atomic E-state index is 12.2. The summed E-state index contributed by atoms with van der Waals surface area (Å²) >= 11 is 1.48. The molecule has 37 heavy (non-hydrogen) atoms. The van der Waals surface area contributed by atoms with Gasteiger partial charge < -0.3 is 34.9 Å². The normalized spacial score (nSPS) is 14.6. The van der Waals surface area contributed by atoms with Gasteiger partial charge in [0.15, 0.2) is 5.13 Å². The number of nitrogens with zero attached hydrogens (tertiary/aromatic N) is 2. The first-order chi connectivity index (χ1) is 17.8. The van der Waals surface area contributed by atoms with Gasteiger partial charge >= 0.3 is 0 Å². The molecule has 2 rings (SSSR count). The van der Waals surface area contributed by atoms with E-state index in [9.17, 15) is 14.4 Å². The summed E-state index contributed by atoms with van der Waals surface area (Å²) in [4.78, 5) is 43.3. The van der Waals surface area contributed by atoms with E-state index in [0.717, 1.165) is 37.9 Å². The van der Waals surface area contributed by atoms with Gasteiger partial charge in [-0.3, -0.25) is 19.7 Å². The van der Waals surface area contributed by atoms with Crippen molar-refractivity contribution >= 4 is 34.2 Å². The molecular weight excluding hydrogens is 502 g/mol. The van der Waals surface area contributed by atoms with Crippen LogP contribution in [0.25, 0.3) is 0 Å². The Morgan fingerprint density at radius 1 is 1.11 bits per heavy atom. The van der Waals surface area contributed by atoms with E-state index in [1.807, 2.05) is 0 Å². The summed E-state index contributed by atoms with van der Waals surface area (Å²) in [5.74, 6) is -1.20. The number of aryl methyl sites for hydroxylation is 1. The fraction of sp³-hybridized carbons (Fsp3) is 0.667. The van der Waals surface area contributed by atoms with Crippen LogP contribution in [0.4, 0.5) is 5.13 Å². The first-order valence-corrected chi connectivity index (χ1v) is 13.2. The Morgan fingerprint density at radius 2 is 1.89 bits per heavy atom. The molecule has 1 aliphatic carbocycles. The SMILES string of the molecule is C=C(O)COCCOCCNC(=O)CN(C)C(=O)COCC(=O)Nc1nc2c(s1)C[C@@H](NCCC)CC2. The zero-order chi connectivity index (χ0) is 27.0. The van der Waals surface area contributed by atoms with Crippen LogP contribution in [0.5, 0.6) is 0 Å². The molecule has 0 saturated carbocycles. The fourth-order valence-corrected chi connectivity index (χ4v) is 4.58. The summed E-state index contributed by atoms with van der Waals surface area (Å²) < 4.78 is 15.6. The van der Waals surface area contributed by atoms with Crippen LogP contribution in [0.1, 0.15) is 30.3 Å². The van der Waals surface area contributed by atoms with Crippen molar-refractivity contribution in [1.29, 1.82) is 0 Å². The summed E-state index contributed by atoms with van der Waals surface area (Å²) in [6, 6.07) is 0.447. The lowest BCUT2D eigenvalue weighted by Crippen LogP contribution is -2.41. The zero-order valence-electron chi connectivity index (χ0n) is 21.7. The number of aliphatic hydroxyl groups excluding tert-OH is 1. The lowest BCUT2D eigenvalue weighted by molar-refractivity contribution is -0.139. The molecule has 0 saturated heterocycles. The van der Waals surface area contributed by atoms with Gasteiger partial charge in [0.1, 0.15) is 25.6 Å². The van der Waals surface area contributed by atoms with E-state index < -0.39 is 5.91 Å². The highest BCUT2D eigenvalue weighted by atomic mass is 32.1. The summed E-state index contributed by atoms with van der Waals surface area (Å²) in [5, 5.41) is 18.3. The molecule has 4 N–H and O–H groups in total. The fourth-order valence-electron chi connectivity index (χ4n) is 3.48. The minimum absolute atomic E-state index is 0.0535. The molecule has 0 spiro atoms. The maximum Gasteiger partial charge on any atom is 0.252 e. The monoisotopic (exact) mass is 541 g/mol. The van der Waals surface area contributed by atoms with Crippen molar-refractivity contribution in [3.63, 3.8) is 0 Å². The Hall–Kier alpha value is -2.58. The molecule has 1 atom stereocenters. The van der Waals surface area contributed by atoms with Gasteiger partial charge in [0, 0.05) is 24.5 Å². The van der Waals surface area contributed by atoms with Crippen molar-refractivity contribution in [3.8, 4) is 0 Å². The number of nitrogens with one attached hydrogen (secondary N) is 3. The molecular formula is C24H39N5O7S. The summed E-state index contributed by atoms with van der Waals surface area (Å²) in [7, 11) is 1.48. The van der Waals surface area contributed by atoms with E-state index in [1.54, 1.807) is 0 Å². The third-order valence-corrected chi connectivity index (χ3v) is 6.38. The van der Waals surface area contributed by atoms with Crippen molar-refractivity contribution in [2.75, 3.05) is 71.6 Å². The number of hydrogen-bond donors (Lipinski definition) is 4. The van der Waals surface area contributed by atoms with Gasteiger partial charge in [-0.05, 0) is 32.2 Å². The number of ether oxygens (including phenoxy) is 3. The molecule has 0 aromatic carbocycles. The highest BCUT2D eigenvalue weighted by Crippen LogP contribution is 2.29. The molecule has 1 aromatic rings. The van der Waals surface area contributed by atoms with Crippen molar-refractivity contribution in [2.45, 2.75) is 38.6 Å². The highest BCUT2D eigenvalue weighted by molar-refractivity contribution is 7.15. The van der Waals surface area contributed by atoms with Crippen LogP contribution < -0.4 is 16.0 Å². The molecule has 3 amide bonds. The number of aromatic nitrogens is 1. The van der Waals surface area contributed by atoms with Crippen LogP contribution in [-0.2, 0) is 41.4 Å². The third kappa shape index (κ3) is 12.5. The number of carbonyl (C=O) groups is 3. The molecule has 12 nitrogen and oxygen atoms in total. The summed E-state index contributed by atoms with van der Waals surface area (Å²) in [6.45, 7) is 6.91. The Morgan fingerprint density at radius 3 is 2.65 bits per heavy atom. The van der Waals surface area contributed by atoms with Crippen molar-refractivity contribution in [2.24, 2.45) is 0 Å². The van der Waals surface area contributed by atoms with Gasteiger partial charge in [0.25, 0.3) is 5.91 Å². The van der Waals surface area contributed by atoms with Crippen LogP contribution >= 0.6 is 11.3 Å². The summed E-state index contributed by atoms with van der Waals surface area (Å²) in [5.41, 5.74) is 1.04. The smallest absolute Gasteiger partial charge is 0.252 e. The van der Waals surface area contributed by atoms with E-state index in [4.69, 9.17) is 19.3 Å². The topological polar surface area (TPSA) is 151 Å². The maximum absolute atomic E-state index is 12.2. The Bertz CT molecular complexity index is 895. The van der Waals surface area contributed by atoms with Gasteiger partial charge in [0.05, 0.1) is 32.1 Å². The van der Waals surface area contributed by atoms with Crippen molar-refractivity contribution in [1.82, 2.24) is 20.5 Å². The Kier molecular flexibility index (Phi) is 14.1. The minimum atomic E-state index is -0.419. The average molecular weight is 542 g/mol. The number of hydrogen-bond acceptors (Lipinski definition) is 10. The van der Waals surface area contributed by atoms with E-state index >= 15 is 0 Å². The quantitative estimate of drug-likeness (QED) is 0.155. The van der Waals surface area contributed by atoms with E-state index in [-0.39, 0.29) is 57.1 Å². The lowest BCUT2D eigenvalue weighted by atomic mass is 9.98. The van der Waals surface area contributed by atoms with Crippen LogP contribution in [-0.4, -0.2) is 105 Å². The number of carbonyl (C=O) groups excluding carboxylic acids is 3. The average Bonchev–Trinajstić information content (AvgIpc) is 3.25. The second-order valence-corrected chi connectivity index (χ2v) is 9.74. The number of anilines is 1. The molecule has 0 bridgehead atoms. The molecule has 1 aliphatic rings. The molecule has 0 unspecified atom stereocenters. The predicted molar refractivity (Wildman–Crippen MR) is 140 cm³/mol. The molecule has 13 heteroatoms. The van der Waals surface area contributed by atoms with Gasteiger partial charge in [-0.1, -0.05) is 13.5 Å². The first-order valence-electron chi connectivity index (χ1n) is 12.4. The van der Waals surface area contributed by atoms with Gasteiger partial charge in [-0.2, -0.15) is 0 Å². The first kappa shape index (κ1) is 30.6. The zero-order valence-corrected chi connectivity index (χ0v) is 22.5. The van der Waals surface area contributed by atoms with Crippen LogP contribution in [0, 0.1) is 0 Å². The van der Waals surface area contributed by atoms with Gasteiger partial charge in [-0.25, -0.2) is 4.98 Å². The molecule has 208 valence electrons. The number of aliphatic hydroxyl groups is 1. The second kappa shape index (κ2) is 17.0. The van der Waals surface area contributed by atoms with Crippen molar-refractivity contribution < 1.29 is 33.7 Å². The van der Waals surface area contributed by atoms with E-state index in [0.29, 0.717) is 24.4 Å². The number of fused-ring (bicyclic) bond motifs is 1. The standard InChI is InChI=1S/C24H39N5O7S/c1-4-7-25-18-5-6-19-20(12-18)37-24(27-19)28-22(32)15-36-16-23(33)29(3)13-21(31)26-8-9-34-10-11-35-14-17(2)30/h18,25,30H,2,4-16H2,1,3H3,(H,26,31)(H,27,28,32)/t18-/m0/s1. The minimum Gasteiger partial charge on any atom is -0.510 e. The molecule has 0 radical (unpaired) electrons. The molecule has 0 aliphatic heterocycles. The van der Waals surface area contributed by atoms with E-state index in [1.165, 1.54) is 28.2 Å². The Labute approximate surface area is 221 Å². The van der Waals surface area contributed by atoms with Gasteiger partial charge in [-0.15, -0.1) is 11.3 Å².